The van der Waals surface area contributed by atoms with E-state index in [-0.39, 0.29) is 13.2 Å². The molecule has 0 unspecified atom stereocenters. The summed E-state index contributed by atoms with van der Waals surface area (Å²) in [4.78, 5) is 11.0. The number of ether oxygens (including phenoxy) is 1. The predicted molar refractivity (Wildman–Crippen MR) is 61.6 cm³/mol. The first-order valence-corrected chi connectivity index (χ1v) is 5.36. The molecule has 0 spiro atoms. The van der Waals surface area contributed by atoms with Crippen molar-refractivity contribution in [2.75, 3.05) is 19.8 Å². The summed E-state index contributed by atoms with van der Waals surface area (Å²) < 4.78 is 4.63. The fourth-order valence-electron chi connectivity index (χ4n) is 1.15. The number of hydrogen-bond donors (Lipinski definition) is 2. The van der Waals surface area contributed by atoms with Gasteiger partial charge in [0.15, 0.2) is 0 Å². The predicted octanol–water partition coefficient (Wildman–Crippen LogP) is 1.60. The Morgan fingerprint density at radius 2 is 2.06 bits per heavy atom. The standard InChI is InChI=1S/C11H14ClNO3/c12-10-3-1-9(2-4-10)5-6-13-11(15)16-8-7-14/h1-4,14H,5-8H2,(H,13,15). The van der Waals surface area contributed by atoms with E-state index in [2.05, 4.69) is 10.1 Å². The normalized spacial score (nSPS) is 9.88. The van der Waals surface area contributed by atoms with Crippen molar-refractivity contribution in [3.8, 4) is 0 Å². The van der Waals surface area contributed by atoms with Gasteiger partial charge in [-0.3, -0.25) is 0 Å². The van der Waals surface area contributed by atoms with Crippen LogP contribution in [0, 0.1) is 0 Å². The Morgan fingerprint density at radius 3 is 2.69 bits per heavy atom. The van der Waals surface area contributed by atoms with Crippen molar-refractivity contribution in [1.82, 2.24) is 5.32 Å². The lowest BCUT2D eigenvalue weighted by Gasteiger charge is -2.05. The van der Waals surface area contributed by atoms with Crippen LogP contribution in [0.2, 0.25) is 5.02 Å². The third kappa shape index (κ3) is 5.00. The van der Waals surface area contributed by atoms with E-state index in [0.29, 0.717) is 18.0 Å². The summed E-state index contributed by atoms with van der Waals surface area (Å²) in [6, 6.07) is 7.42. The van der Waals surface area contributed by atoms with Gasteiger partial charge in [-0.15, -0.1) is 0 Å². The molecule has 0 aliphatic carbocycles. The average Bonchev–Trinajstić information content (AvgIpc) is 2.29. The van der Waals surface area contributed by atoms with Crippen molar-refractivity contribution in [2.45, 2.75) is 6.42 Å². The van der Waals surface area contributed by atoms with Crippen LogP contribution in [-0.2, 0) is 11.2 Å². The zero-order valence-corrected chi connectivity index (χ0v) is 9.54. The summed E-state index contributed by atoms with van der Waals surface area (Å²) in [5, 5.41) is 11.7. The number of nitrogens with one attached hydrogen (secondary N) is 1. The Kier molecular flexibility index (Phi) is 5.67. The van der Waals surface area contributed by atoms with Crippen molar-refractivity contribution < 1.29 is 14.6 Å². The first-order chi connectivity index (χ1) is 7.72. The quantitative estimate of drug-likeness (QED) is 0.826. The van der Waals surface area contributed by atoms with Crippen LogP contribution >= 0.6 is 11.6 Å². The van der Waals surface area contributed by atoms with Crippen LogP contribution in [0.25, 0.3) is 0 Å². The summed E-state index contributed by atoms with van der Waals surface area (Å²) in [5.41, 5.74) is 1.09. The van der Waals surface area contributed by atoms with Crippen LogP contribution in [0.15, 0.2) is 24.3 Å². The third-order valence-electron chi connectivity index (χ3n) is 1.92. The first kappa shape index (κ1) is 12.8. The molecule has 5 heteroatoms. The van der Waals surface area contributed by atoms with Gasteiger partial charge in [-0.1, -0.05) is 23.7 Å². The van der Waals surface area contributed by atoms with Gasteiger partial charge in [-0.05, 0) is 24.1 Å². The number of benzene rings is 1. The molecular weight excluding hydrogens is 230 g/mol. The van der Waals surface area contributed by atoms with Gasteiger partial charge in [-0.25, -0.2) is 4.79 Å². The second kappa shape index (κ2) is 7.09. The number of amides is 1. The smallest absolute Gasteiger partial charge is 0.407 e. The van der Waals surface area contributed by atoms with Gasteiger partial charge in [-0.2, -0.15) is 0 Å². The molecule has 0 aliphatic rings. The minimum Gasteiger partial charge on any atom is -0.447 e. The molecule has 0 aliphatic heterocycles. The summed E-state index contributed by atoms with van der Waals surface area (Å²) in [7, 11) is 0. The number of hydrogen-bond acceptors (Lipinski definition) is 3. The van der Waals surface area contributed by atoms with E-state index in [4.69, 9.17) is 16.7 Å². The summed E-state index contributed by atoms with van der Waals surface area (Å²) in [6.07, 6.45) is 0.203. The monoisotopic (exact) mass is 243 g/mol. The molecule has 1 rings (SSSR count). The lowest BCUT2D eigenvalue weighted by molar-refractivity contribution is 0.119. The summed E-state index contributed by atoms with van der Waals surface area (Å²) in [6.45, 7) is 0.350. The van der Waals surface area contributed by atoms with Gasteiger partial charge >= 0.3 is 6.09 Å². The maximum absolute atomic E-state index is 11.0. The van der Waals surface area contributed by atoms with Gasteiger partial charge in [0.05, 0.1) is 6.61 Å². The van der Waals surface area contributed by atoms with Gasteiger partial charge in [0, 0.05) is 11.6 Å². The van der Waals surface area contributed by atoms with Gasteiger partial charge in [0.1, 0.15) is 6.61 Å². The first-order valence-electron chi connectivity index (χ1n) is 4.98. The molecule has 0 saturated carbocycles. The number of halogens is 1. The van der Waals surface area contributed by atoms with Crippen molar-refractivity contribution in [3.63, 3.8) is 0 Å². The van der Waals surface area contributed by atoms with E-state index < -0.39 is 6.09 Å². The van der Waals surface area contributed by atoms with Gasteiger partial charge in [0.25, 0.3) is 0 Å². The number of alkyl carbamates (subject to hydrolysis) is 1. The molecule has 0 saturated heterocycles. The van der Waals surface area contributed by atoms with Crippen LogP contribution < -0.4 is 5.32 Å². The lowest BCUT2D eigenvalue weighted by Crippen LogP contribution is -2.27. The van der Waals surface area contributed by atoms with E-state index in [9.17, 15) is 4.79 Å². The highest BCUT2D eigenvalue weighted by atomic mass is 35.5. The number of rotatable bonds is 5. The van der Waals surface area contributed by atoms with Crippen LogP contribution in [0.4, 0.5) is 4.79 Å². The molecule has 0 atom stereocenters. The van der Waals surface area contributed by atoms with Gasteiger partial charge < -0.3 is 15.2 Å². The lowest BCUT2D eigenvalue weighted by atomic mass is 10.1. The second-order valence-corrected chi connectivity index (χ2v) is 3.60. The minimum absolute atomic E-state index is 0.0206. The Balaban J connectivity index is 2.20. The molecular formula is C11H14ClNO3. The number of carbonyl (C=O) groups excluding carboxylic acids is 1. The molecule has 1 aromatic rings. The van der Waals surface area contributed by atoms with E-state index in [1.54, 1.807) is 12.1 Å². The molecule has 1 aromatic carbocycles. The van der Waals surface area contributed by atoms with E-state index in [1.165, 1.54) is 0 Å². The van der Waals surface area contributed by atoms with Crippen LogP contribution in [-0.4, -0.2) is 31.0 Å². The molecule has 0 radical (unpaired) electrons. The molecule has 16 heavy (non-hydrogen) atoms. The second-order valence-electron chi connectivity index (χ2n) is 3.16. The molecule has 4 nitrogen and oxygen atoms in total. The van der Waals surface area contributed by atoms with Crippen molar-refractivity contribution in [1.29, 1.82) is 0 Å². The maximum atomic E-state index is 11.0. The van der Waals surface area contributed by atoms with Gasteiger partial charge in [0.2, 0.25) is 0 Å². The molecule has 2 N–H and O–H groups in total. The highest BCUT2D eigenvalue weighted by Gasteiger charge is 2.00. The van der Waals surface area contributed by atoms with Crippen molar-refractivity contribution in [2.24, 2.45) is 0 Å². The van der Waals surface area contributed by atoms with Crippen LogP contribution in [0.3, 0.4) is 0 Å². The fraction of sp³-hybridized carbons (Fsp3) is 0.364. The summed E-state index contributed by atoms with van der Waals surface area (Å²) in [5.74, 6) is 0. The zero-order chi connectivity index (χ0) is 11.8. The minimum atomic E-state index is -0.511. The Morgan fingerprint density at radius 1 is 1.38 bits per heavy atom. The average molecular weight is 244 g/mol. The van der Waals surface area contributed by atoms with Crippen LogP contribution in [0.5, 0.6) is 0 Å². The molecule has 0 heterocycles. The Hall–Kier alpha value is -1.26. The molecule has 0 bridgehead atoms. The number of carbonyl (C=O) groups is 1. The maximum Gasteiger partial charge on any atom is 0.407 e. The van der Waals surface area contributed by atoms with E-state index in [1.807, 2.05) is 12.1 Å². The number of aliphatic hydroxyl groups is 1. The van der Waals surface area contributed by atoms with Crippen molar-refractivity contribution >= 4 is 17.7 Å². The number of aliphatic hydroxyl groups excluding tert-OH is 1. The SMILES string of the molecule is O=C(NCCc1ccc(Cl)cc1)OCCO. The highest BCUT2D eigenvalue weighted by molar-refractivity contribution is 6.30. The largest absolute Gasteiger partial charge is 0.447 e. The zero-order valence-electron chi connectivity index (χ0n) is 8.78. The molecule has 0 aromatic heterocycles. The molecule has 0 fully saturated rings. The van der Waals surface area contributed by atoms with Crippen LogP contribution in [0.1, 0.15) is 5.56 Å². The summed E-state index contributed by atoms with van der Waals surface area (Å²) >= 11 is 5.74. The third-order valence-corrected chi connectivity index (χ3v) is 2.17. The highest BCUT2D eigenvalue weighted by Crippen LogP contribution is 2.09. The van der Waals surface area contributed by atoms with E-state index >= 15 is 0 Å². The molecule has 1 amide bonds. The van der Waals surface area contributed by atoms with Crippen molar-refractivity contribution in [3.05, 3.63) is 34.9 Å². The molecule has 88 valence electrons. The topological polar surface area (TPSA) is 58.6 Å². The Labute approximate surface area is 99.2 Å². The fourth-order valence-corrected chi connectivity index (χ4v) is 1.28. The Bertz CT molecular complexity index is 327. The van der Waals surface area contributed by atoms with E-state index in [0.717, 1.165) is 5.56 Å².